The van der Waals surface area contributed by atoms with Crippen molar-refractivity contribution < 1.29 is 30.6 Å². The third-order valence-electron chi connectivity index (χ3n) is 5.89. The molecule has 2 rings (SSSR count). The van der Waals surface area contributed by atoms with E-state index in [9.17, 15) is 26.4 Å². The Morgan fingerprint density at radius 1 is 0.946 bits per heavy atom. The van der Waals surface area contributed by atoms with Gasteiger partial charge in [-0.2, -0.15) is 21.6 Å². The summed E-state index contributed by atoms with van der Waals surface area (Å²) < 4.78 is 68.9. The highest BCUT2D eigenvalue weighted by atomic mass is 32.2. The van der Waals surface area contributed by atoms with Crippen molar-refractivity contribution >= 4 is 16.0 Å². The summed E-state index contributed by atoms with van der Waals surface area (Å²) in [6.45, 7) is 7.27. The molecule has 0 aromatic heterocycles. The number of benzene rings is 2. The van der Waals surface area contributed by atoms with Gasteiger partial charge >= 0.3 is 16.3 Å². The predicted molar refractivity (Wildman–Crippen MR) is 139 cm³/mol. The second-order valence-electron chi connectivity index (χ2n) is 9.75. The van der Waals surface area contributed by atoms with Crippen LogP contribution in [0.15, 0.2) is 53.4 Å². The summed E-state index contributed by atoms with van der Waals surface area (Å²) in [5.41, 5.74) is -0.267. The largest absolute Gasteiger partial charge is 0.416 e. The minimum atomic E-state index is -4.67. The standard InChI is InChI=1S/C28H38F3NO4S/c1-4-5-6-7-8-9-10-14-27(33)32(20-22(2)3)21-23-15-17-25(18-16-23)36-37(34,35)26-13-11-12-24(19-26)28(29,30)31/h11-13,15-19,22H,4-10,14,20-21H2,1-3H3. The lowest BCUT2D eigenvalue weighted by atomic mass is 10.1. The average molecular weight is 542 g/mol. The summed E-state index contributed by atoms with van der Waals surface area (Å²) >= 11 is 0. The maximum Gasteiger partial charge on any atom is 0.416 e. The molecule has 1 amide bonds. The van der Waals surface area contributed by atoms with E-state index in [1.807, 2.05) is 18.7 Å². The normalized spacial score (nSPS) is 12.1. The van der Waals surface area contributed by atoms with Crippen molar-refractivity contribution in [1.29, 1.82) is 0 Å². The third kappa shape index (κ3) is 10.8. The minimum absolute atomic E-state index is 0.0222. The summed E-state index contributed by atoms with van der Waals surface area (Å²) in [6, 6.07) is 9.62. The Hall–Kier alpha value is -2.55. The number of hydrogen-bond donors (Lipinski definition) is 0. The fourth-order valence-electron chi connectivity index (χ4n) is 3.96. The second-order valence-corrected chi connectivity index (χ2v) is 11.3. The van der Waals surface area contributed by atoms with Gasteiger partial charge in [0.25, 0.3) is 0 Å². The molecule has 0 aliphatic rings. The third-order valence-corrected chi connectivity index (χ3v) is 7.13. The Bertz CT molecular complexity index is 1080. The van der Waals surface area contributed by atoms with Crippen molar-refractivity contribution in [3.05, 3.63) is 59.7 Å². The maximum absolute atomic E-state index is 12.9. The molecule has 0 spiro atoms. The highest BCUT2D eigenvalue weighted by molar-refractivity contribution is 7.87. The molecule has 2 aromatic rings. The molecule has 0 radical (unpaired) electrons. The molecule has 0 saturated heterocycles. The predicted octanol–water partition coefficient (Wildman–Crippen LogP) is 7.60. The van der Waals surface area contributed by atoms with Crippen LogP contribution in [-0.2, 0) is 27.6 Å². The molecule has 0 bridgehead atoms. The van der Waals surface area contributed by atoms with Crippen LogP contribution in [0.1, 0.15) is 83.3 Å². The first-order valence-electron chi connectivity index (χ1n) is 12.9. The summed E-state index contributed by atoms with van der Waals surface area (Å²) in [7, 11) is -4.45. The molecule has 9 heteroatoms. The quantitative estimate of drug-likeness (QED) is 0.172. The van der Waals surface area contributed by atoms with Crippen LogP contribution in [-0.4, -0.2) is 25.8 Å². The van der Waals surface area contributed by atoms with Crippen molar-refractivity contribution in [1.82, 2.24) is 4.90 Å². The Kier molecular flexibility index (Phi) is 11.9. The van der Waals surface area contributed by atoms with Crippen LogP contribution in [0.5, 0.6) is 5.75 Å². The van der Waals surface area contributed by atoms with Crippen LogP contribution in [0.25, 0.3) is 0 Å². The summed E-state index contributed by atoms with van der Waals surface area (Å²) in [4.78, 5) is 14.1. The fourth-order valence-corrected chi connectivity index (χ4v) is 4.94. The van der Waals surface area contributed by atoms with Crippen LogP contribution in [0.2, 0.25) is 0 Å². The van der Waals surface area contributed by atoms with Gasteiger partial charge in [-0.3, -0.25) is 4.79 Å². The highest BCUT2D eigenvalue weighted by Gasteiger charge is 2.32. The van der Waals surface area contributed by atoms with E-state index in [1.165, 1.54) is 37.8 Å². The van der Waals surface area contributed by atoms with E-state index in [1.54, 1.807) is 12.1 Å². The van der Waals surface area contributed by atoms with Gasteiger partial charge in [0.15, 0.2) is 0 Å². The summed E-state index contributed by atoms with van der Waals surface area (Å²) in [5, 5.41) is 0. The number of halogens is 3. The molecule has 0 saturated carbocycles. The average Bonchev–Trinajstić information content (AvgIpc) is 2.83. The zero-order valence-corrected chi connectivity index (χ0v) is 22.7. The number of carbonyl (C=O) groups excluding carboxylic acids is 1. The van der Waals surface area contributed by atoms with Gasteiger partial charge in [-0.15, -0.1) is 0 Å². The van der Waals surface area contributed by atoms with Crippen molar-refractivity contribution in [2.45, 2.75) is 89.8 Å². The lowest BCUT2D eigenvalue weighted by Crippen LogP contribution is -2.33. The number of unbranched alkanes of at least 4 members (excludes halogenated alkanes) is 6. The molecular formula is C28H38F3NO4S. The molecular weight excluding hydrogens is 503 g/mol. The molecule has 0 heterocycles. The van der Waals surface area contributed by atoms with Gasteiger partial charge in [-0.1, -0.05) is 77.5 Å². The van der Waals surface area contributed by atoms with Crippen LogP contribution in [0, 0.1) is 5.92 Å². The molecule has 0 fully saturated rings. The molecule has 37 heavy (non-hydrogen) atoms. The second kappa shape index (κ2) is 14.4. The van der Waals surface area contributed by atoms with E-state index in [0.29, 0.717) is 31.5 Å². The van der Waals surface area contributed by atoms with Crippen LogP contribution in [0.4, 0.5) is 13.2 Å². The molecule has 0 aliphatic heterocycles. The molecule has 5 nitrogen and oxygen atoms in total. The van der Waals surface area contributed by atoms with Crippen molar-refractivity contribution in [2.75, 3.05) is 6.54 Å². The van der Waals surface area contributed by atoms with Gasteiger partial charge < -0.3 is 9.08 Å². The fraction of sp³-hybridized carbons (Fsp3) is 0.536. The Labute approximate surface area is 219 Å². The van der Waals surface area contributed by atoms with Gasteiger partial charge in [0.2, 0.25) is 5.91 Å². The van der Waals surface area contributed by atoms with Gasteiger partial charge in [0, 0.05) is 19.5 Å². The molecule has 0 unspecified atom stereocenters. The lowest BCUT2D eigenvalue weighted by Gasteiger charge is -2.25. The van der Waals surface area contributed by atoms with E-state index in [-0.39, 0.29) is 11.7 Å². The summed E-state index contributed by atoms with van der Waals surface area (Å²) in [6.07, 6.45) is 3.78. The SMILES string of the molecule is CCCCCCCCCC(=O)N(Cc1ccc(OS(=O)(=O)c2cccc(C(F)(F)F)c2)cc1)CC(C)C. The van der Waals surface area contributed by atoms with E-state index < -0.39 is 26.8 Å². The first-order chi connectivity index (χ1) is 17.4. The van der Waals surface area contributed by atoms with Gasteiger partial charge in [0.05, 0.1) is 5.56 Å². The van der Waals surface area contributed by atoms with Gasteiger partial charge in [0.1, 0.15) is 10.6 Å². The highest BCUT2D eigenvalue weighted by Crippen LogP contribution is 2.31. The first kappa shape index (κ1) is 30.7. The first-order valence-corrected chi connectivity index (χ1v) is 14.3. The van der Waals surface area contributed by atoms with Crippen LogP contribution < -0.4 is 4.18 Å². The zero-order valence-electron chi connectivity index (χ0n) is 21.9. The van der Waals surface area contributed by atoms with Crippen molar-refractivity contribution in [2.24, 2.45) is 5.92 Å². The minimum Gasteiger partial charge on any atom is -0.379 e. The van der Waals surface area contributed by atoms with Crippen molar-refractivity contribution in [3.8, 4) is 5.75 Å². The van der Waals surface area contributed by atoms with E-state index in [0.717, 1.165) is 43.0 Å². The maximum atomic E-state index is 12.9. The topological polar surface area (TPSA) is 63.7 Å². The molecule has 0 aliphatic carbocycles. The van der Waals surface area contributed by atoms with Crippen molar-refractivity contribution in [3.63, 3.8) is 0 Å². The van der Waals surface area contributed by atoms with E-state index in [2.05, 4.69) is 6.92 Å². The molecule has 2 aromatic carbocycles. The summed E-state index contributed by atoms with van der Waals surface area (Å²) in [5.74, 6) is 0.360. The van der Waals surface area contributed by atoms with Gasteiger partial charge in [-0.25, -0.2) is 0 Å². The number of nitrogens with zero attached hydrogens (tertiary/aromatic N) is 1. The number of amides is 1. The molecule has 206 valence electrons. The number of carbonyl (C=O) groups is 1. The Morgan fingerprint density at radius 2 is 1.57 bits per heavy atom. The number of alkyl halides is 3. The number of hydrogen-bond acceptors (Lipinski definition) is 4. The van der Waals surface area contributed by atoms with Gasteiger partial charge in [-0.05, 0) is 48.2 Å². The monoisotopic (exact) mass is 541 g/mol. The Morgan fingerprint density at radius 3 is 2.16 bits per heavy atom. The lowest BCUT2D eigenvalue weighted by molar-refractivity contribution is -0.137. The Balaban J connectivity index is 1.99. The zero-order chi connectivity index (χ0) is 27.5. The van der Waals surface area contributed by atoms with Crippen LogP contribution in [0.3, 0.4) is 0 Å². The van der Waals surface area contributed by atoms with E-state index in [4.69, 9.17) is 4.18 Å². The number of rotatable bonds is 15. The van der Waals surface area contributed by atoms with Crippen LogP contribution >= 0.6 is 0 Å². The molecule has 0 atom stereocenters. The van der Waals surface area contributed by atoms with E-state index >= 15 is 0 Å². The molecule has 0 N–H and O–H groups in total. The smallest absolute Gasteiger partial charge is 0.379 e.